The summed E-state index contributed by atoms with van der Waals surface area (Å²) >= 11 is 0. The van der Waals surface area contributed by atoms with Crippen LogP contribution >= 0.6 is 0 Å². The Labute approximate surface area is 142 Å². The largest absolute Gasteiger partial charge is 0.469 e. The molecular formula is C19H24N2O3. The van der Waals surface area contributed by atoms with Crippen LogP contribution in [0.2, 0.25) is 0 Å². The number of nitrogens with one attached hydrogen (secondary N) is 1. The molecule has 1 heterocycles. The van der Waals surface area contributed by atoms with Crippen LogP contribution in [-0.2, 0) is 13.0 Å². The molecule has 0 saturated carbocycles. The second kappa shape index (κ2) is 7.53. The highest BCUT2D eigenvalue weighted by molar-refractivity contribution is 5.75. The maximum Gasteiger partial charge on any atom is 0.318 e. The zero-order valence-corrected chi connectivity index (χ0v) is 14.0. The standard InChI is InChI=1S/C19H24N2O3/c1-14-16(9-12-24-14)13-20-19(23)21(10-4-11-22)18-8-7-15-5-2-3-6-17(15)18/h2-3,5-6,9,12,18,22H,4,7-8,10-11,13H2,1H3,(H,20,23)/t18-/m0/s1. The molecule has 128 valence electrons. The molecular weight excluding hydrogens is 304 g/mol. The third-order valence-electron chi connectivity index (χ3n) is 4.69. The third kappa shape index (κ3) is 3.46. The van der Waals surface area contributed by atoms with Crippen molar-refractivity contribution >= 4 is 6.03 Å². The number of aryl methyl sites for hydroxylation is 2. The molecule has 2 aromatic rings. The van der Waals surface area contributed by atoms with Crippen molar-refractivity contribution < 1.29 is 14.3 Å². The number of fused-ring (bicyclic) bond motifs is 1. The van der Waals surface area contributed by atoms with E-state index in [9.17, 15) is 9.90 Å². The Morgan fingerprint density at radius 3 is 2.96 bits per heavy atom. The lowest BCUT2D eigenvalue weighted by Crippen LogP contribution is -2.42. The maximum absolute atomic E-state index is 12.8. The summed E-state index contributed by atoms with van der Waals surface area (Å²) in [5.74, 6) is 0.823. The van der Waals surface area contributed by atoms with E-state index in [1.54, 1.807) is 6.26 Å². The van der Waals surface area contributed by atoms with Gasteiger partial charge < -0.3 is 19.7 Å². The van der Waals surface area contributed by atoms with Gasteiger partial charge in [-0.05, 0) is 43.4 Å². The minimum Gasteiger partial charge on any atom is -0.469 e. The molecule has 0 unspecified atom stereocenters. The molecule has 2 amide bonds. The molecule has 0 bridgehead atoms. The number of carbonyl (C=O) groups is 1. The molecule has 5 heteroatoms. The van der Waals surface area contributed by atoms with Crippen molar-refractivity contribution in [2.24, 2.45) is 0 Å². The van der Waals surface area contributed by atoms with Crippen molar-refractivity contribution in [3.8, 4) is 0 Å². The van der Waals surface area contributed by atoms with E-state index < -0.39 is 0 Å². The van der Waals surface area contributed by atoms with Crippen LogP contribution in [0.15, 0.2) is 41.0 Å². The molecule has 0 aliphatic heterocycles. The van der Waals surface area contributed by atoms with E-state index in [1.807, 2.05) is 30.0 Å². The van der Waals surface area contributed by atoms with E-state index in [0.29, 0.717) is 19.5 Å². The number of hydrogen-bond donors (Lipinski definition) is 2. The summed E-state index contributed by atoms with van der Waals surface area (Å²) in [7, 11) is 0. The molecule has 0 radical (unpaired) electrons. The molecule has 5 nitrogen and oxygen atoms in total. The first kappa shape index (κ1) is 16.6. The normalized spacial score (nSPS) is 16.0. The van der Waals surface area contributed by atoms with Crippen molar-refractivity contribution in [3.63, 3.8) is 0 Å². The zero-order chi connectivity index (χ0) is 16.9. The molecule has 24 heavy (non-hydrogen) atoms. The number of rotatable bonds is 6. The molecule has 1 aliphatic rings. The Kier molecular flexibility index (Phi) is 5.20. The molecule has 0 spiro atoms. The van der Waals surface area contributed by atoms with Crippen LogP contribution in [0.25, 0.3) is 0 Å². The molecule has 1 aliphatic carbocycles. The number of carbonyl (C=O) groups excluding carboxylic acids is 1. The van der Waals surface area contributed by atoms with Crippen LogP contribution in [-0.4, -0.2) is 29.2 Å². The van der Waals surface area contributed by atoms with Gasteiger partial charge in [0.2, 0.25) is 0 Å². The van der Waals surface area contributed by atoms with E-state index in [2.05, 4.69) is 17.4 Å². The summed E-state index contributed by atoms with van der Waals surface area (Å²) in [5.41, 5.74) is 3.53. The van der Waals surface area contributed by atoms with Gasteiger partial charge in [-0.3, -0.25) is 0 Å². The predicted octanol–water partition coefficient (Wildman–Crippen LogP) is 3.17. The quantitative estimate of drug-likeness (QED) is 0.856. The molecule has 1 aromatic heterocycles. The average Bonchev–Trinajstić information content (AvgIpc) is 3.20. The number of hydrogen-bond acceptors (Lipinski definition) is 3. The van der Waals surface area contributed by atoms with Gasteiger partial charge in [0.25, 0.3) is 0 Å². The molecule has 1 atom stereocenters. The van der Waals surface area contributed by atoms with Gasteiger partial charge in [-0.2, -0.15) is 0 Å². The zero-order valence-electron chi connectivity index (χ0n) is 14.0. The van der Waals surface area contributed by atoms with Gasteiger partial charge in [0.05, 0.1) is 12.3 Å². The first-order chi connectivity index (χ1) is 11.7. The monoisotopic (exact) mass is 328 g/mol. The van der Waals surface area contributed by atoms with Crippen molar-refractivity contribution in [2.45, 2.75) is 38.8 Å². The van der Waals surface area contributed by atoms with E-state index >= 15 is 0 Å². The Morgan fingerprint density at radius 2 is 2.21 bits per heavy atom. The third-order valence-corrected chi connectivity index (χ3v) is 4.69. The van der Waals surface area contributed by atoms with Crippen LogP contribution in [0, 0.1) is 6.92 Å². The van der Waals surface area contributed by atoms with Gasteiger partial charge in [0, 0.05) is 25.3 Å². The number of amides is 2. The number of nitrogens with zero attached hydrogens (tertiary/aromatic N) is 1. The van der Waals surface area contributed by atoms with Crippen LogP contribution in [0.5, 0.6) is 0 Å². The smallest absolute Gasteiger partial charge is 0.318 e. The van der Waals surface area contributed by atoms with Crippen LogP contribution in [0.3, 0.4) is 0 Å². The SMILES string of the molecule is Cc1occc1CNC(=O)N(CCCO)[C@H]1CCc2ccccc21. The van der Waals surface area contributed by atoms with Crippen LogP contribution in [0.1, 0.15) is 41.3 Å². The summed E-state index contributed by atoms with van der Waals surface area (Å²) in [6, 6.07) is 10.2. The van der Waals surface area contributed by atoms with Crippen molar-refractivity contribution in [2.75, 3.05) is 13.2 Å². The van der Waals surface area contributed by atoms with E-state index in [1.165, 1.54) is 11.1 Å². The first-order valence-corrected chi connectivity index (χ1v) is 8.47. The van der Waals surface area contributed by atoms with E-state index in [-0.39, 0.29) is 18.7 Å². The van der Waals surface area contributed by atoms with Gasteiger partial charge in [-0.15, -0.1) is 0 Å². The highest BCUT2D eigenvalue weighted by Gasteiger charge is 2.30. The number of furan rings is 1. The second-order valence-electron chi connectivity index (χ2n) is 6.18. The first-order valence-electron chi connectivity index (χ1n) is 8.47. The average molecular weight is 328 g/mol. The van der Waals surface area contributed by atoms with Crippen molar-refractivity contribution in [3.05, 3.63) is 59.0 Å². The fraction of sp³-hybridized carbons (Fsp3) is 0.421. The molecule has 2 N–H and O–H groups in total. The lowest BCUT2D eigenvalue weighted by Gasteiger charge is -2.30. The van der Waals surface area contributed by atoms with Gasteiger partial charge in [0.1, 0.15) is 5.76 Å². The molecule has 0 saturated heterocycles. The number of benzene rings is 1. The van der Waals surface area contributed by atoms with Gasteiger partial charge in [-0.25, -0.2) is 4.79 Å². The number of aliphatic hydroxyl groups excluding tert-OH is 1. The Bertz CT molecular complexity index is 695. The van der Waals surface area contributed by atoms with Gasteiger partial charge >= 0.3 is 6.03 Å². The minimum absolute atomic E-state index is 0.0817. The summed E-state index contributed by atoms with van der Waals surface area (Å²) in [6.45, 7) is 2.97. The lowest BCUT2D eigenvalue weighted by molar-refractivity contribution is 0.164. The summed E-state index contributed by atoms with van der Waals surface area (Å²) in [6.07, 6.45) is 4.14. The van der Waals surface area contributed by atoms with Crippen molar-refractivity contribution in [1.82, 2.24) is 10.2 Å². The van der Waals surface area contributed by atoms with Gasteiger partial charge in [-0.1, -0.05) is 24.3 Å². The topological polar surface area (TPSA) is 65.7 Å². The Hall–Kier alpha value is -2.27. The van der Waals surface area contributed by atoms with E-state index in [0.717, 1.165) is 24.2 Å². The van der Waals surface area contributed by atoms with Gasteiger partial charge in [0.15, 0.2) is 0 Å². The highest BCUT2D eigenvalue weighted by Crippen LogP contribution is 2.35. The van der Waals surface area contributed by atoms with Crippen LogP contribution in [0.4, 0.5) is 4.79 Å². The fourth-order valence-electron chi connectivity index (χ4n) is 3.37. The Balaban J connectivity index is 1.72. The van der Waals surface area contributed by atoms with Crippen molar-refractivity contribution in [1.29, 1.82) is 0 Å². The lowest BCUT2D eigenvalue weighted by atomic mass is 10.1. The second-order valence-corrected chi connectivity index (χ2v) is 6.18. The Morgan fingerprint density at radius 1 is 1.38 bits per heavy atom. The maximum atomic E-state index is 12.8. The highest BCUT2D eigenvalue weighted by atomic mass is 16.3. The summed E-state index contributed by atoms with van der Waals surface area (Å²) < 4.78 is 5.27. The minimum atomic E-state index is -0.0919. The number of aliphatic hydroxyl groups is 1. The van der Waals surface area contributed by atoms with Crippen LogP contribution < -0.4 is 5.32 Å². The predicted molar refractivity (Wildman–Crippen MR) is 91.6 cm³/mol. The summed E-state index contributed by atoms with van der Waals surface area (Å²) in [5, 5.41) is 12.2. The molecule has 0 fully saturated rings. The molecule has 1 aromatic carbocycles. The molecule has 3 rings (SSSR count). The summed E-state index contributed by atoms with van der Waals surface area (Å²) in [4.78, 5) is 14.6. The van der Waals surface area contributed by atoms with E-state index in [4.69, 9.17) is 4.42 Å². The fourth-order valence-corrected chi connectivity index (χ4v) is 3.37. The number of urea groups is 1.